The quantitative estimate of drug-likeness (QED) is 0.593. The zero-order valence-electron chi connectivity index (χ0n) is 10.5. The van der Waals surface area contributed by atoms with E-state index >= 15 is 0 Å². The van der Waals surface area contributed by atoms with Crippen molar-refractivity contribution in [2.24, 2.45) is 0 Å². The Morgan fingerprint density at radius 1 is 1.47 bits per heavy atom. The van der Waals surface area contributed by atoms with E-state index in [0.29, 0.717) is 16.4 Å². The zero-order valence-corrected chi connectivity index (χ0v) is 11.3. The van der Waals surface area contributed by atoms with Crippen LogP contribution in [0.4, 0.5) is 11.4 Å². The fourth-order valence-corrected chi connectivity index (χ4v) is 1.55. The average Bonchev–Trinajstić information content (AvgIpc) is 2.38. The third kappa shape index (κ3) is 5.44. The number of nitrogens with one attached hydrogen (secondary N) is 2. The highest BCUT2D eigenvalue weighted by atomic mass is 35.5. The molecule has 4 N–H and O–H groups in total. The Labute approximate surface area is 116 Å². The number of anilines is 2. The molecular formula is C12H17ClN2O4. The molecule has 0 heterocycles. The first kappa shape index (κ1) is 15.7. The summed E-state index contributed by atoms with van der Waals surface area (Å²) < 4.78 is 4.72. The van der Waals surface area contributed by atoms with E-state index in [9.17, 15) is 9.90 Å². The lowest BCUT2D eigenvalue weighted by Gasteiger charge is -2.15. The molecule has 1 aromatic rings. The van der Waals surface area contributed by atoms with Crippen LogP contribution in [0.5, 0.6) is 0 Å². The minimum Gasteiger partial charge on any atom is -0.394 e. The summed E-state index contributed by atoms with van der Waals surface area (Å²) in [6.45, 7) is -0.260. The van der Waals surface area contributed by atoms with Crippen molar-refractivity contribution in [3.8, 4) is 0 Å². The van der Waals surface area contributed by atoms with Crippen LogP contribution >= 0.6 is 11.6 Å². The molecule has 19 heavy (non-hydrogen) atoms. The predicted octanol–water partition coefficient (Wildman–Crippen LogP) is 0.690. The van der Waals surface area contributed by atoms with Gasteiger partial charge >= 0.3 is 0 Å². The highest BCUT2D eigenvalue weighted by molar-refractivity contribution is 6.31. The number of amides is 1. The number of hydrogen-bond donors (Lipinski definition) is 4. The number of rotatable bonds is 7. The van der Waals surface area contributed by atoms with Gasteiger partial charge in [0.05, 0.1) is 24.1 Å². The monoisotopic (exact) mass is 288 g/mol. The van der Waals surface area contributed by atoms with Crippen LogP contribution in [0.1, 0.15) is 0 Å². The summed E-state index contributed by atoms with van der Waals surface area (Å²) in [7, 11) is 1.43. The summed E-state index contributed by atoms with van der Waals surface area (Å²) in [5.74, 6) is -0.296. The summed E-state index contributed by atoms with van der Waals surface area (Å²) in [5, 5.41) is 24.1. The number of carbonyl (C=O) groups excluding carboxylic acids is 1. The van der Waals surface area contributed by atoms with E-state index < -0.39 is 6.10 Å². The third-order valence-electron chi connectivity index (χ3n) is 2.27. The summed E-state index contributed by atoms with van der Waals surface area (Å²) in [6.07, 6.45) is -0.887. The Morgan fingerprint density at radius 2 is 2.21 bits per heavy atom. The van der Waals surface area contributed by atoms with Crippen molar-refractivity contribution in [2.45, 2.75) is 6.10 Å². The molecule has 7 heteroatoms. The van der Waals surface area contributed by atoms with Crippen LogP contribution in [0.25, 0.3) is 0 Å². The van der Waals surface area contributed by atoms with E-state index in [0.717, 1.165) is 0 Å². The molecule has 0 aliphatic heterocycles. The van der Waals surface area contributed by atoms with Gasteiger partial charge in [0, 0.05) is 18.7 Å². The molecule has 1 amide bonds. The van der Waals surface area contributed by atoms with Crippen molar-refractivity contribution in [3.05, 3.63) is 23.2 Å². The SMILES string of the molecule is COCC(=O)Nc1ccc(Cl)cc1NCC(O)CO. The van der Waals surface area contributed by atoms with Crippen molar-refractivity contribution in [2.75, 3.05) is 37.5 Å². The standard InChI is InChI=1S/C12H17ClN2O4/c1-19-7-12(18)15-10-3-2-8(13)4-11(10)14-5-9(17)6-16/h2-4,9,14,16-17H,5-7H2,1H3,(H,15,18). The number of benzene rings is 1. The van der Waals surface area contributed by atoms with Crippen LogP contribution in [0.3, 0.4) is 0 Å². The van der Waals surface area contributed by atoms with Gasteiger partial charge in [-0.25, -0.2) is 0 Å². The second kappa shape index (κ2) is 7.96. The molecule has 0 aliphatic rings. The first-order chi connectivity index (χ1) is 9.06. The summed E-state index contributed by atoms with van der Waals surface area (Å²) >= 11 is 5.87. The number of aliphatic hydroxyl groups excluding tert-OH is 2. The Kier molecular flexibility index (Phi) is 6.58. The van der Waals surface area contributed by atoms with Crippen LogP contribution < -0.4 is 10.6 Å². The molecule has 0 saturated heterocycles. The van der Waals surface area contributed by atoms with Gasteiger partial charge in [0.1, 0.15) is 6.61 Å². The van der Waals surface area contributed by atoms with Gasteiger partial charge in [0.25, 0.3) is 0 Å². The number of hydrogen-bond acceptors (Lipinski definition) is 5. The van der Waals surface area contributed by atoms with Crippen LogP contribution in [0, 0.1) is 0 Å². The van der Waals surface area contributed by atoms with Gasteiger partial charge in [-0.2, -0.15) is 0 Å². The van der Waals surface area contributed by atoms with Gasteiger partial charge in [-0.15, -0.1) is 0 Å². The van der Waals surface area contributed by atoms with E-state index in [1.54, 1.807) is 18.2 Å². The number of carbonyl (C=O) groups is 1. The molecule has 1 atom stereocenters. The van der Waals surface area contributed by atoms with Crippen molar-refractivity contribution in [3.63, 3.8) is 0 Å². The first-order valence-corrected chi connectivity index (χ1v) is 6.05. The highest BCUT2D eigenvalue weighted by Crippen LogP contribution is 2.25. The average molecular weight is 289 g/mol. The number of methoxy groups -OCH3 is 1. The maximum Gasteiger partial charge on any atom is 0.250 e. The molecule has 0 saturated carbocycles. The fraction of sp³-hybridized carbons (Fsp3) is 0.417. The van der Waals surface area contributed by atoms with Crippen LogP contribution in [0.15, 0.2) is 18.2 Å². The van der Waals surface area contributed by atoms with Crippen molar-refractivity contribution in [1.82, 2.24) is 0 Å². The lowest BCUT2D eigenvalue weighted by Crippen LogP contribution is -2.24. The predicted molar refractivity (Wildman–Crippen MR) is 73.5 cm³/mol. The minimum absolute atomic E-state index is 0.0542. The Hall–Kier alpha value is -1.34. The van der Waals surface area contributed by atoms with Crippen LogP contribution in [0.2, 0.25) is 5.02 Å². The van der Waals surface area contributed by atoms with E-state index in [2.05, 4.69) is 10.6 Å². The smallest absolute Gasteiger partial charge is 0.250 e. The maximum atomic E-state index is 11.5. The lowest BCUT2D eigenvalue weighted by molar-refractivity contribution is -0.119. The summed E-state index contributed by atoms with van der Waals surface area (Å²) in [4.78, 5) is 11.5. The number of ether oxygens (including phenoxy) is 1. The second-order valence-electron chi connectivity index (χ2n) is 3.89. The number of halogens is 1. The molecule has 106 valence electrons. The maximum absolute atomic E-state index is 11.5. The normalized spacial score (nSPS) is 12.0. The van der Waals surface area contributed by atoms with Crippen molar-refractivity contribution >= 4 is 28.9 Å². The summed E-state index contributed by atoms with van der Waals surface area (Å²) in [5.41, 5.74) is 1.08. The Balaban J connectivity index is 2.76. The van der Waals surface area contributed by atoms with E-state index in [1.807, 2.05) is 0 Å². The van der Waals surface area contributed by atoms with Crippen LogP contribution in [-0.4, -0.2) is 49.1 Å². The topological polar surface area (TPSA) is 90.8 Å². The van der Waals surface area contributed by atoms with Gasteiger partial charge in [-0.05, 0) is 18.2 Å². The molecule has 0 spiro atoms. The first-order valence-electron chi connectivity index (χ1n) is 5.68. The van der Waals surface area contributed by atoms with Gasteiger partial charge in [0.2, 0.25) is 5.91 Å². The van der Waals surface area contributed by atoms with Crippen molar-refractivity contribution in [1.29, 1.82) is 0 Å². The fourth-order valence-electron chi connectivity index (χ4n) is 1.38. The number of aliphatic hydroxyl groups is 2. The van der Waals surface area contributed by atoms with Gasteiger partial charge in [0.15, 0.2) is 0 Å². The second-order valence-corrected chi connectivity index (χ2v) is 4.32. The largest absolute Gasteiger partial charge is 0.394 e. The van der Waals surface area contributed by atoms with Gasteiger partial charge < -0.3 is 25.6 Å². The van der Waals surface area contributed by atoms with E-state index in [4.69, 9.17) is 21.4 Å². The molecular weight excluding hydrogens is 272 g/mol. The Bertz CT molecular complexity index is 428. The lowest BCUT2D eigenvalue weighted by atomic mass is 10.2. The van der Waals surface area contributed by atoms with Crippen molar-refractivity contribution < 1.29 is 19.7 Å². The zero-order chi connectivity index (χ0) is 14.3. The van der Waals surface area contributed by atoms with Crippen LogP contribution in [-0.2, 0) is 9.53 Å². The molecule has 0 aliphatic carbocycles. The molecule has 0 aromatic heterocycles. The molecule has 1 aromatic carbocycles. The molecule has 0 fully saturated rings. The van der Waals surface area contributed by atoms with E-state index in [1.165, 1.54) is 7.11 Å². The molecule has 1 rings (SSSR count). The molecule has 0 bridgehead atoms. The minimum atomic E-state index is -0.887. The Morgan fingerprint density at radius 3 is 2.84 bits per heavy atom. The highest BCUT2D eigenvalue weighted by Gasteiger charge is 2.09. The molecule has 6 nitrogen and oxygen atoms in total. The third-order valence-corrected chi connectivity index (χ3v) is 2.51. The molecule has 0 radical (unpaired) electrons. The van der Waals surface area contributed by atoms with Gasteiger partial charge in [-0.1, -0.05) is 11.6 Å². The van der Waals surface area contributed by atoms with E-state index in [-0.39, 0.29) is 25.7 Å². The summed E-state index contributed by atoms with van der Waals surface area (Å²) in [6, 6.07) is 4.90. The van der Waals surface area contributed by atoms with Gasteiger partial charge in [-0.3, -0.25) is 4.79 Å². The molecule has 1 unspecified atom stereocenters.